The van der Waals surface area contributed by atoms with Gasteiger partial charge in [-0.2, -0.15) is 0 Å². The van der Waals surface area contributed by atoms with Crippen LogP contribution in [-0.2, 0) is 4.79 Å². The van der Waals surface area contributed by atoms with Gasteiger partial charge in [-0.25, -0.2) is 0 Å². The molecule has 0 spiro atoms. The average Bonchev–Trinajstić information content (AvgIpc) is 3.25. The van der Waals surface area contributed by atoms with Gasteiger partial charge in [0.1, 0.15) is 55.4 Å². The molecule has 9 unspecified atom stereocenters. The van der Waals surface area contributed by atoms with Crippen molar-refractivity contribution >= 4 is 115 Å². The molecule has 0 aromatic heterocycles. The number of nitrogens with one attached hydrogen (secondary N) is 2. The minimum atomic E-state index is -2.28. The maximum absolute atomic E-state index is 14.7. The van der Waals surface area contributed by atoms with Crippen molar-refractivity contribution in [2.24, 2.45) is 17.2 Å². The number of amides is 6. The molecule has 0 aliphatic heterocycles. The Labute approximate surface area is 411 Å². The zero-order valence-electron chi connectivity index (χ0n) is 34.0. The van der Waals surface area contributed by atoms with Crippen LogP contribution in [0, 0.1) is 10.7 Å². The molecule has 356 valence electrons. The molecule has 3 rings (SSSR count). The summed E-state index contributed by atoms with van der Waals surface area (Å²) in [5.41, 5.74) is 15.9. The number of aliphatic hydroxyl groups excluding tert-OH is 10. The Morgan fingerprint density at radius 3 is 1.55 bits per heavy atom. The van der Waals surface area contributed by atoms with E-state index in [1.807, 2.05) is 0 Å². The Bertz CT molecular complexity index is 2200. The zero-order valence-corrected chi connectivity index (χ0v) is 40.5. The van der Waals surface area contributed by atoms with Gasteiger partial charge >= 0.3 is 0 Å². The highest BCUT2D eigenvalue weighted by Crippen LogP contribution is 2.38. The van der Waals surface area contributed by atoms with Gasteiger partial charge in [0.15, 0.2) is 0 Å². The van der Waals surface area contributed by atoms with Crippen molar-refractivity contribution in [2.75, 3.05) is 43.1 Å². The summed E-state index contributed by atoms with van der Waals surface area (Å²) < 4.78 is -0.255. The second-order valence-electron chi connectivity index (χ2n) is 14.4. The first kappa shape index (κ1) is 55.6. The number of anilines is 2. The highest BCUT2D eigenvalue weighted by Gasteiger charge is 2.38. The van der Waals surface area contributed by atoms with E-state index < -0.39 is 123 Å². The molecular weight excluding hydrogens is 1200 g/mol. The fraction of sp³-hybridized carbons (Fsp3) is 0.385. The third-order valence-electron chi connectivity index (χ3n) is 9.51. The number of rotatable bonds is 22. The van der Waals surface area contributed by atoms with Crippen molar-refractivity contribution in [2.45, 2.75) is 61.9 Å². The first-order chi connectivity index (χ1) is 30.4. The number of benzene rings is 3. The molecule has 3 aromatic rings. The molecule has 0 saturated heterocycles. The van der Waals surface area contributed by atoms with Crippen LogP contribution in [0.4, 0.5) is 11.4 Å². The van der Waals surface area contributed by atoms with Crippen molar-refractivity contribution in [3.8, 4) is 0 Å². The summed E-state index contributed by atoms with van der Waals surface area (Å²) in [5.74, 6) is -5.81. The maximum atomic E-state index is 14.7. The van der Waals surface area contributed by atoms with Gasteiger partial charge in [0.2, 0.25) is 5.91 Å². The Balaban J connectivity index is 2.19. The van der Waals surface area contributed by atoms with Gasteiger partial charge in [0, 0.05) is 25.9 Å². The average molecular weight is 1250 g/mol. The summed E-state index contributed by atoms with van der Waals surface area (Å²) in [6, 6.07) is 10.7. The molecule has 0 saturated carbocycles. The van der Waals surface area contributed by atoms with Gasteiger partial charge < -0.3 is 88.7 Å². The van der Waals surface area contributed by atoms with Crippen LogP contribution in [0.1, 0.15) is 58.7 Å². The molecule has 0 bridgehead atoms. The van der Waals surface area contributed by atoms with E-state index in [0.717, 1.165) is 6.07 Å². The van der Waals surface area contributed by atoms with Crippen LogP contribution in [0.5, 0.6) is 0 Å². The van der Waals surface area contributed by atoms with E-state index in [-0.39, 0.29) is 49.9 Å². The number of hydrogen-bond acceptors (Lipinski definition) is 17. The Kier molecular flexibility index (Phi) is 21.2. The monoisotopic (exact) mass is 1250 g/mol. The molecule has 26 heteroatoms. The number of nitrogens with two attached hydrogens (primary N) is 3. The Morgan fingerprint density at radius 1 is 0.631 bits per heavy atom. The molecule has 0 aliphatic carbocycles. The summed E-state index contributed by atoms with van der Waals surface area (Å²) in [5, 5.41) is 108. The van der Waals surface area contributed by atoms with Crippen molar-refractivity contribution < 1.29 is 79.8 Å². The third kappa shape index (κ3) is 14.1. The lowest BCUT2D eigenvalue weighted by atomic mass is 10.0. The molecule has 0 heterocycles. The summed E-state index contributed by atoms with van der Waals surface area (Å²) in [6.45, 7) is -3.79. The first-order valence-corrected chi connectivity index (χ1v) is 22.3. The summed E-state index contributed by atoms with van der Waals surface area (Å²) in [4.78, 5) is 81.7. The molecular formula is C39H48I3N7O16. The van der Waals surface area contributed by atoms with Crippen LogP contribution in [0.2, 0.25) is 0 Å². The van der Waals surface area contributed by atoms with Crippen molar-refractivity contribution in [3.63, 3.8) is 0 Å². The summed E-state index contributed by atoms with van der Waals surface area (Å²) in [6.07, 6.45) is -17.9. The third-order valence-corrected chi connectivity index (χ3v) is 12.7. The molecule has 9 atom stereocenters. The smallest absolute Gasteiger partial charge is 0.255 e. The second-order valence-corrected chi connectivity index (χ2v) is 17.7. The number of primary amides is 2. The van der Waals surface area contributed by atoms with E-state index in [2.05, 4.69) is 10.6 Å². The van der Waals surface area contributed by atoms with Crippen LogP contribution in [0.15, 0.2) is 48.5 Å². The molecule has 0 fully saturated rings. The van der Waals surface area contributed by atoms with Gasteiger partial charge in [-0.3, -0.25) is 28.8 Å². The molecule has 23 nitrogen and oxygen atoms in total. The maximum Gasteiger partial charge on any atom is 0.255 e. The molecule has 0 radical (unpaired) electrons. The van der Waals surface area contributed by atoms with Gasteiger partial charge in [0.05, 0.1) is 56.4 Å². The lowest BCUT2D eigenvalue weighted by Crippen LogP contribution is -2.54. The largest absolute Gasteiger partial charge is 0.394 e. The fourth-order valence-electron chi connectivity index (χ4n) is 6.07. The predicted molar refractivity (Wildman–Crippen MR) is 254 cm³/mol. The predicted octanol–water partition coefficient (Wildman–Crippen LogP) is -3.67. The van der Waals surface area contributed by atoms with Crippen LogP contribution in [-0.4, -0.2) is 179 Å². The highest BCUT2D eigenvalue weighted by atomic mass is 127. The Morgan fingerprint density at radius 2 is 1.08 bits per heavy atom. The fourth-order valence-corrected chi connectivity index (χ4v) is 10.9. The second kappa shape index (κ2) is 24.8. The van der Waals surface area contributed by atoms with E-state index in [9.17, 15) is 79.8 Å². The number of carbonyl (C=O) groups is 6. The van der Waals surface area contributed by atoms with Crippen molar-refractivity contribution in [1.29, 1.82) is 0 Å². The summed E-state index contributed by atoms with van der Waals surface area (Å²) in [7, 11) is 0. The van der Waals surface area contributed by atoms with Crippen LogP contribution in [0.25, 0.3) is 0 Å². The number of carbonyl (C=O) groups excluding carboxylic acids is 6. The van der Waals surface area contributed by atoms with Crippen LogP contribution >= 0.6 is 67.8 Å². The van der Waals surface area contributed by atoms with Gasteiger partial charge in [-0.1, -0.05) is 12.1 Å². The molecule has 6 amide bonds. The normalized spacial score (nSPS) is 15.6. The van der Waals surface area contributed by atoms with Crippen molar-refractivity contribution in [1.82, 2.24) is 10.2 Å². The SMILES string of the molecule is CC(N)NC(=O)c1cccc(C(=O)Nc2cccc(C(=O)N(CC(=O)N(CC(O)C(O)C(O)C(O)CO)c3c(I)c(C(N)=O)c(I)c(C(N)=O)c3I)CC(O)C(O)C(O)C(O)CO)c2)c1. The molecule has 0 aliphatic rings. The quantitative estimate of drug-likeness (QED) is 0.0340. The minimum Gasteiger partial charge on any atom is -0.394 e. The number of nitrogens with zero attached hydrogens (tertiary/aromatic N) is 2. The molecule has 65 heavy (non-hydrogen) atoms. The lowest BCUT2D eigenvalue weighted by Gasteiger charge is -2.35. The number of halogens is 3. The summed E-state index contributed by atoms with van der Waals surface area (Å²) >= 11 is 4.85. The van der Waals surface area contributed by atoms with Crippen molar-refractivity contribution in [3.05, 3.63) is 87.1 Å². The van der Waals surface area contributed by atoms with Gasteiger partial charge in [-0.15, -0.1) is 0 Å². The zero-order chi connectivity index (χ0) is 49.2. The topological polar surface area (TPSA) is 413 Å². The number of aliphatic hydroxyl groups is 10. The van der Waals surface area contributed by atoms with E-state index >= 15 is 0 Å². The minimum absolute atomic E-state index is 0.00274. The van der Waals surface area contributed by atoms with E-state index in [4.69, 9.17) is 17.2 Å². The lowest BCUT2D eigenvalue weighted by molar-refractivity contribution is -0.126. The van der Waals surface area contributed by atoms with E-state index in [1.54, 1.807) is 67.8 Å². The van der Waals surface area contributed by atoms with Gasteiger partial charge in [0.25, 0.3) is 29.5 Å². The molecule has 3 aromatic carbocycles. The van der Waals surface area contributed by atoms with Crippen LogP contribution in [0.3, 0.4) is 0 Å². The highest BCUT2D eigenvalue weighted by molar-refractivity contribution is 14.1. The number of hydrogen-bond donors (Lipinski definition) is 15. The first-order valence-electron chi connectivity index (χ1n) is 19.0. The van der Waals surface area contributed by atoms with Crippen LogP contribution < -0.4 is 32.7 Å². The van der Waals surface area contributed by atoms with Gasteiger partial charge in [-0.05, 0) is 111 Å². The molecule has 18 N–H and O–H groups in total. The Hall–Kier alpha value is -3.77. The van der Waals surface area contributed by atoms with E-state index in [0.29, 0.717) is 9.80 Å². The van der Waals surface area contributed by atoms with E-state index in [1.165, 1.54) is 49.4 Å². The standard InChI is InChI=1S/C39H48I3N7O16/c1-15(43)46-37(63)16-4-2-5-17(8-16)38(64)47-19-7-3-6-18(9-19)39(65)48(10-20(52)31(57)33(59)22(54)13-50)12-24(56)49(11-21(53)32(58)34(60)23(55)14-51)30-28(41)25(35(44)61)27(40)26(29(30)42)36(45)62/h2-9,15,20-23,31-34,50-55,57-60H,10-14,43H2,1H3,(H2,44,61)(H2,45,62)(H,46,63)(H,47,64).